The Balaban J connectivity index is 1.96. The molecule has 3 rings (SSSR count). The summed E-state index contributed by atoms with van der Waals surface area (Å²) in [5.74, 6) is 0.751. The molecule has 5 heteroatoms. The molecule has 5 nitrogen and oxygen atoms in total. The maximum Gasteiger partial charge on any atom is 0.162 e. The number of rotatable bonds is 4. The highest BCUT2D eigenvalue weighted by atomic mass is 15.1. The van der Waals surface area contributed by atoms with Crippen molar-refractivity contribution in [2.75, 3.05) is 5.32 Å². The lowest BCUT2D eigenvalue weighted by atomic mass is 9.97. The van der Waals surface area contributed by atoms with Gasteiger partial charge >= 0.3 is 0 Å². The minimum Gasteiger partial charge on any atom is -0.361 e. The molecular weight excluding hydrogens is 262 g/mol. The molecule has 2 N–H and O–H groups in total. The first kappa shape index (κ1) is 13.5. The number of H-pyrrole nitrogens is 1. The summed E-state index contributed by atoms with van der Waals surface area (Å²) in [6.45, 7) is 6.35. The molecule has 0 saturated carbocycles. The van der Waals surface area contributed by atoms with E-state index in [1.807, 2.05) is 6.07 Å². The smallest absolute Gasteiger partial charge is 0.162 e. The Bertz CT molecular complexity index is 762. The summed E-state index contributed by atoms with van der Waals surface area (Å²) < 4.78 is 0. The predicted octanol–water partition coefficient (Wildman–Crippen LogP) is 3.33. The van der Waals surface area contributed by atoms with Crippen LogP contribution >= 0.6 is 0 Å². The molecule has 1 unspecified atom stereocenters. The number of nitrogens with one attached hydrogen (secondary N) is 2. The molecular formula is C16H18N5. The maximum atomic E-state index is 4.32. The lowest BCUT2D eigenvalue weighted by Gasteiger charge is -2.20. The molecule has 0 aliphatic heterocycles. The zero-order valence-electron chi connectivity index (χ0n) is 12.4. The number of anilines is 1. The largest absolute Gasteiger partial charge is 0.361 e. The van der Waals surface area contributed by atoms with Gasteiger partial charge in [-0.15, -0.1) is 0 Å². The highest BCUT2D eigenvalue weighted by Crippen LogP contribution is 2.26. The molecule has 1 atom stereocenters. The first-order chi connectivity index (χ1) is 10.2. The monoisotopic (exact) mass is 280 g/mol. The summed E-state index contributed by atoms with van der Waals surface area (Å²) in [7, 11) is 0. The number of nitrogens with zero attached hydrogens (tertiary/aromatic N) is 3. The van der Waals surface area contributed by atoms with Crippen molar-refractivity contribution in [1.82, 2.24) is 19.9 Å². The van der Waals surface area contributed by atoms with Crippen molar-refractivity contribution in [3.63, 3.8) is 0 Å². The van der Waals surface area contributed by atoms with Gasteiger partial charge in [0.05, 0.1) is 12.4 Å². The Kier molecular flexibility index (Phi) is 3.56. The van der Waals surface area contributed by atoms with Crippen LogP contribution in [0.25, 0.3) is 11.2 Å². The number of imidazole rings is 1. The molecule has 0 saturated heterocycles. The summed E-state index contributed by atoms with van der Waals surface area (Å²) in [5, 5.41) is 3.47. The molecule has 0 spiro atoms. The zero-order chi connectivity index (χ0) is 14.8. The van der Waals surface area contributed by atoms with Crippen LogP contribution < -0.4 is 5.32 Å². The second-order valence-electron chi connectivity index (χ2n) is 5.20. The van der Waals surface area contributed by atoms with Gasteiger partial charge in [0.1, 0.15) is 11.8 Å². The second kappa shape index (κ2) is 5.52. The van der Waals surface area contributed by atoms with Gasteiger partial charge in [0, 0.05) is 0 Å². The van der Waals surface area contributed by atoms with E-state index in [1.165, 1.54) is 16.7 Å². The molecule has 2 heterocycles. The fraction of sp³-hybridized carbons (Fsp3) is 0.312. The highest BCUT2D eigenvalue weighted by molar-refractivity contribution is 5.82. The Labute approximate surface area is 123 Å². The van der Waals surface area contributed by atoms with Gasteiger partial charge in [0.15, 0.2) is 11.5 Å². The Morgan fingerprint density at radius 1 is 1.29 bits per heavy atom. The van der Waals surface area contributed by atoms with Gasteiger partial charge in [-0.3, -0.25) is 0 Å². The Morgan fingerprint density at radius 2 is 2.14 bits per heavy atom. The predicted molar refractivity (Wildman–Crippen MR) is 83.1 cm³/mol. The van der Waals surface area contributed by atoms with Crippen LogP contribution in [0.1, 0.15) is 36.1 Å². The molecule has 0 bridgehead atoms. The third kappa shape index (κ3) is 2.59. The molecule has 0 fully saturated rings. The van der Waals surface area contributed by atoms with Gasteiger partial charge in [0.2, 0.25) is 0 Å². The van der Waals surface area contributed by atoms with Crippen molar-refractivity contribution in [2.24, 2.45) is 0 Å². The van der Waals surface area contributed by atoms with E-state index in [0.717, 1.165) is 23.4 Å². The van der Waals surface area contributed by atoms with Gasteiger partial charge in [-0.2, -0.15) is 0 Å². The average molecular weight is 280 g/mol. The van der Waals surface area contributed by atoms with Crippen LogP contribution in [0.3, 0.4) is 0 Å². The summed E-state index contributed by atoms with van der Waals surface area (Å²) in [6.07, 6.45) is 4.12. The first-order valence-corrected chi connectivity index (χ1v) is 7.08. The molecule has 0 aliphatic carbocycles. The summed E-state index contributed by atoms with van der Waals surface area (Å²) in [5.41, 5.74) is 5.14. The van der Waals surface area contributed by atoms with Gasteiger partial charge < -0.3 is 10.3 Å². The first-order valence-electron chi connectivity index (χ1n) is 7.08. The van der Waals surface area contributed by atoms with Crippen molar-refractivity contribution >= 4 is 17.0 Å². The molecule has 107 valence electrons. The van der Waals surface area contributed by atoms with Gasteiger partial charge in [0.25, 0.3) is 0 Å². The van der Waals surface area contributed by atoms with Gasteiger partial charge in [-0.1, -0.05) is 24.6 Å². The van der Waals surface area contributed by atoms with E-state index < -0.39 is 0 Å². The highest BCUT2D eigenvalue weighted by Gasteiger charge is 2.15. The van der Waals surface area contributed by atoms with E-state index in [0.29, 0.717) is 0 Å². The number of benzene rings is 1. The van der Waals surface area contributed by atoms with E-state index in [2.05, 4.69) is 58.2 Å². The maximum absolute atomic E-state index is 4.32. The van der Waals surface area contributed by atoms with Crippen LogP contribution in [0.5, 0.6) is 0 Å². The molecule has 0 aliphatic rings. The SMILES string of the molecule is CCC(Nc1ncnc2[nH]cnc12)c1[c]cc(C)cc1C. The molecule has 1 radical (unpaired) electrons. The minimum atomic E-state index is 0.153. The summed E-state index contributed by atoms with van der Waals surface area (Å²) in [6, 6.07) is 7.74. The fourth-order valence-electron chi connectivity index (χ4n) is 2.56. The van der Waals surface area contributed by atoms with Crippen LogP contribution in [-0.4, -0.2) is 19.9 Å². The normalized spacial score (nSPS) is 12.5. The van der Waals surface area contributed by atoms with Crippen LogP contribution in [0.2, 0.25) is 0 Å². The number of fused-ring (bicyclic) bond motifs is 1. The third-order valence-corrected chi connectivity index (χ3v) is 3.61. The van der Waals surface area contributed by atoms with Crippen LogP contribution in [0, 0.1) is 19.9 Å². The lowest BCUT2D eigenvalue weighted by molar-refractivity contribution is 0.738. The van der Waals surface area contributed by atoms with Gasteiger partial charge in [-0.25, -0.2) is 15.0 Å². The standard InChI is InChI=1S/C16H18N5/c1-4-13(12-6-5-10(2)7-11(12)3)21-16-14-15(18-8-17-14)19-9-20-16/h5,7-9,13H,4H2,1-3H3,(H2,17,18,19,20,21). The number of hydrogen-bond acceptors (Lipinski definition) is 4. The molecule has 0 amide bonds. The van der Waals surface area contributed by atoms with Crippen molar-refractivity contribution < 1.29 is 0 Å². The van der Waals surface area contributed by atoms with Crippen molar-refractivity contribution in [3.05, 3.63) is 47.5 Å². The molecule has 1 aromatic carbocycles. The number of aryl methyl sites for hydroxylation is 2. The van der Waals surface area contributed by atoms with E-state index >= 15 is 0 Å². The van der Waals surface area contributed by atoms with E-state index in [1.54, 1.807) is 12.7 Å². The van der Waals surface area contributed by atoms with Gasteiger partial charge in [-0.05, 0) is 37.5 Å². The fourth-order valence-corrected chi connectivity index (χ4v) is 2.56. The van der Waals surface area contributed by atoms with Crippen molar-refractivity contribution in [2.45, 2.75) is 33.2 Å². The minimum absolute atomic E-state index is 0.153. The quantitative estimate of drug-likeness (QED) is 0.769. The average Bonchev–Trinajstić information content (AvgIpc) is 2.94. The summed E-state index contributed by atoms with van der Waals surface area (Å²) in [4.78, 5) is 15.8. The van der Waals surface area contributed by atoms with E-state index in [-0.39, 0.29) is 6.04 Å². The van der Waals surface area contributed by atoms with Crippen LogP contribution in [-0.2, 0) is 0 Å². The molecule has 21 heavy (non-hydrogen) atoms. The topological polar surface area (TPSA) is 66.5 Å². The summed E-state index contributed by atoms with van der Waals surface area (Å²) >= 11 is 0. The van der Waals surface area contributed by atoms with Crippen molar-refractivity contribution in [3.8, 4) is 0 Å². The lowest BCUT2D eigenvalue weighted by Crippen LogP contribution is -2.13. The van der Waals surface area contributed by atoms with Crippen LogP contribution in [0.4, 0.5) is 5.82 Å². The molecule has 3 aromatic rings. The third-order valence-electron chi connectivity index (χ3n) is 3.61. The zero-order valence-corrected chi connectivity index (χ0v) is 12.4. The Hall–Kier alpha value is -2.43. The number of aromatic nitrogens is 4. The number of aromatic amines is 1. The van der Waals surface area contributed by atoms with Crippen LogP contribution in [0.15, 0.2) is 24.8 Å². The number of hydrogen-bond donors (Lipinski definition) is 2. The molecule has 2 aromatic heterocycles. The second-order valence-corrected chi connectivity index (χ2v) is 5.20. The Morgan fingerprint density at radius 3 is 2.90 bits per heavy atom. The van der Waals surface area contributed by atoms with Crippen molar-refractivity contribution in [1.29, 1.82) is 0 Å². The van der Waals surface area contributed by atoms with E-state index in [9.17, 15) is 0 Å². The van der Waals surface area contributed by atoms with E-state index in [4.69, 9.17) is 0 Å².